The van der Waals surface area contributed by atoms with Gasteiger partial charge >= 0.3 is 0 Å². The molecule has 1 aliphatic heterocycles. The third-order valence-electron chi connectivity index (χ3n) is 3.96. The number of nitrogens with zero attached hydrogens (tertiary/aromatic N) is 1. The molecular weight excluding hydrogens is 296 g/mol. The van der Waals surface area contributed by atoms with E-state index < -0.39 is 0 Å². The van der Waals surface area contributed by atoms with Crippen molar-refractivity contribution in [1.82, 2.24) is 4.90 Å². The second-order valence-electron chi connectivity index (χ2n) is 5.72. The maximum Gasteiger partial charge on any atom is 0.232 e. The minimum absolute atomic E-state index is 0.0141. The van der Waals surface area contributed by atoms with E-state index in [1.54, 1.807) is 23.3 Å². The Morgan fingerprint density at radius 2 is 2.18 bits per heavy atom. The van der Waals surface area contributed by atoms with E-state index in [1.165, 1.54) is 0 Å². The third kappa shape index (κ3) is 2.90. The molecule has 0 saturated heterocycles. The molecule has 0 bridgehead atoms. The van der Waals surface area contributed by atoms with Gasteiger partial charge in [0.2, 0.25) is 11.8 Å². The smallest absolute Gasteiger partial charge is 0.232 e. The number of rotatable bonds is 4. The number of hydrogen-bond acceptors (Lipinski definition) is 3. The summed E-state index contributed by atoms with van der Waals surface area (Å²) in [5.41, 5.74) is 3.98. The summed E-state index contributed by atoms with van der Waals surface area (Å²) in [7, 11) is 1.78. The number of anilines is 1. The predicted molar refractivity (Wildman–Crippen MR) is 88.0 cm³/mol. The van der Waals surface area contributed by atoms with Crippen LogP contribution in [0.2, 0.25) is 0 Å². The average Bonchev–Trinajstić information content (AvgIpc) is 3.07. The third-order valence-corrected chi connectivity index (χ3v) is 4.69. The highest BCUT2D eigenvalue weighted by Crippen LogP contribution is 2.35. The van der Waals surface area contributed by atoms with Crippen molar-refractivity contribution >= 4 is 28.8 Å². The monoisotopic (exact) mass is 314 g/mol. The van der Waals surface area contributed by atoms with Crippen LogP contribution >= 0.6 is 11.3 Å². The topological polar surface area (TPSA) is 49.4 Å². The van der Waals surface area contributed by atoms with Gasteiger partial charge in [0.25, 0.3) is 0 Å². The maximum atomic E-state index is 12.4. The Morgan fingerprint density at radius 3 is 2.91 bits per heavy atom. The molecule has 0 unspecified atom stereocenters. The number of aryl methyl sites for hydroxylation is 1. The van der Waals surface area contributed by atoms with Crippen LogP contribution in [0.4, 0.5) is 5.69 Å². The van der Waals surface area contributed by atoms with Gasteiger partial charge in [-0.2, -0.15) is 11.3 Å². The lowest BCUT2D eigenvalue weighted by atomic mass is 9.96. The van der Waals surface area contributed by atoms with E-state index in [4.69, 9.17) is 0 Å². The molecule has 0 aliphatic carbocycles. The van der Waals surface area contributed by atoms with Crippen LogP contribution in [0.5, 0.6) is 0 Å². The molecule has 22 heavy (non-hydrogen) atoms. The van der Waals surface area contributed by atoms with Crippen LogP contribution in [0.1, 0.15) is 29.0 Å². The second kappa shape index (κ2) is 5.93. The van der Waals surface area contributed by atoms with Crippen molar-refractivity contribution < 1.29 is 9.59 Å². The van der Waals surface area contributed by atoms with Crippen LogP contribution in [0.15, 0.2) is 35.0 Å². The molecule has 2 aromatic rings. The molecule has 0 spiro atoms. The van der Waals surface area contributed by atoms with E-state index in [1.807, 2.05) is 41.9 Å². The first-order chi connectivity index (χ1) is 10.5. The van der Waals surface area contributed by atoms with Crippen LogP contribution < -0.4 is 5.32 Å². The molecule has 2 amide bonds. The summed E-state index contributed by atoms with van der Waals surface area (Å²) in [6, 6.07) is 7.88. The van der Waals surface area contributed by atoms with E-state index in [0.717, 1.165) is 22.4 Å². The summed E-state index contributed by atoms with van der Waals surface area (Å²) in [5.74, 6) is -0.481. The molecule has 5 heteroatoms. The van der Waals surface area contributed by atoms with Crippen molar-refractivity contribution in [1.29, 1.82) is 0 Å². The highest BCUT2D eigenvalue weighted by atomic mass is 32.1. The SMILES string of the molecule is Cc1ccc2c(c1)NC(=O)[C@@H]2CC(=O)N(C)Cc1ccsc1. The van der Waals surface area contributed by atoms with Crippen molar-refractivity contribution in [3.63, 3.8) is 0 Å². The van der Waals surface area contributed by atoms with Crippen molar-refractivity contribution in [2.24, 2.45) is 0 Å². The van der Waals surface area contributed by atoms with Crippen LogP contribution in [-0.2, 0) is 16.1 Å². The van der Waals surface area contributed by atoms with E-state index in [0.29, 0.717) is 6.54 Å². The zero-order valence-corrected chi connectivity index (χ0v) is 13.4. The van der Waals surface area contributed by atoms with Crippen LogP contribution in [0.25, 0.3) is 0 Å². The molecule has 114 valence electrons. The lowest BCUT2D eigenvalue weighted by Crippen LogP contribution is -2.29. The number of carbonyl (C=O) groups is 2. The summed E-state index contributed by atoms with van der Waals surface area (Å²) in [5, 5.41) is 6.90. The van der Waals surface area contributed by atoms with Crippen molar-refractivity contribution in [2.75, 3.05) is 12.4 Å². The number of nitrogens with one attached hydrogen (secondary N) is 1. The predicted octanol–water partition coefficient (Wildman–Crippen LogP) is 3.14. The molecule has 3 rings (SSSR count). The minimum Gasteiger partial charge on any atom is -0.341 e. The second-order valence-corrected chi connectivity index (χ2v) is 6.50. The normalized spacial score (nSPS) is 16.3. The first kappa shape index (κ1) is 14.8. The lowest BCUT2D eigenvalue weighted by Gasteiger charge is -2.18. The largest absolute Gasteiger partial charge is 0.341 e. The van der Waals surface area contributed by atoms with Crippen LogP contribution in [0.3, 0.4) is 0 Å². The molecule has 0 saturated carbocycles. The molecule has 1 aliphatic rings. The first-order valence-electron chi connectivity index (χ1n) is 7.21. The van der Waals surface area contributed by atoms with Gasteiger partial charge in [-0.3, -0.25) is 9.59 Å². The Hall–Kier alpha value is -2.14. The van der Waals surface area contributed by atoms with Crippen LogP contribution in [0, 0.1) is 6.92 Å². The number of amides is 2. The van der Waals surface area contributed by atoms with Gasteiger partial charge in [-0.05, 0) is 46.5 Å². The fraction of sp³-hybridized carbons (Fsp3) is 0.294. The number of benzene rings is 1. The van der Waals surface area contributed by atoms with Gasteiger partial charge in [-0.1, -0.05) is 12.1 Å². The Labute approximate surface area is 133 Å². The molecule has 1 N–H and O–H groups in total. The van der Waals surface area contributed by atoms with Gasteiger partial charge < -0.3 is 10.2 Å². The Kier molecular flexibility index (Phi) is 3.98. The zero-order chi connectivity index (χ0) is 15.7. The summed E-state index contributed by atoms with van der Waals surface area (Å²) < 4.78 is 0. The molecule has 2 heterocycles. The summed E-state index contributed by atoms with van der Waals surface area (Å²) in [6.07, 6.45) is 0.211. The molecule has 1 aromatic carbocycles. The summed E-state index contributed by atoms with van der Waals surface area (Å²) in [6.45, 7) is 2.57. The van der Waals surface area contributed by atoms with Crippen molar-refractivity contribution in [2.45, 2.75) is 25.8 Å². The van der Waals surface area contributed by atoms with Gasteiger partial charge in [-0.15, -0.1) is 0 Å². The molecule has 4 nitrogen and oxygen atoms in total. The van der Waals surface area contributed by atoms with Gasteiger partial charge in [0.05, 0.1) is 5.92 Å². The van der Waals surface area contributed by atoms with Gasteiger partial charge in [-0.25, -0.2) is 0 Å². The highest BCUT2D eigenvalue weighted by Gasteiger charge is 2.32. The Morgan fingerprint density at radius 1 is 1.36 bits per heavy atom. The fourth-order valence-electron chi connectivity index (χ4n) is 2.72. The van der Waals surface area contributed by atoms with Gasteiger partial charge in [0.15, 0.2) is 0 Å². The van der Waals surface area contributed by atoms with Crippen LogP contribution in [-0.4, -0.2) is 23.8 Å². The maximum absolute atomic E-state index is 12.4. The molecular formula is C17H18N2O2S. The van der Waals surface area contributed by atoms with Gasteiger partial charge in [0.1, 0.15) is 0 Å². The lowest BCUT2D eigenvalue weighted by molar-refractivity contribution is -0.132. The standard InChI is InChI=1S/C17H18N2O2S/c1-11-3-4-13-14(17(21)18-15(13)7-11)8-16(20)19(2)9-12-5-6-22-10-12/h3-7,10,14H,8-9H2,1-2H3,(H,18,21)/t14-/m1/s1. The van der Waals surface area contributed by atoms with E-state index >= 15 is 0 Å². The quantitative estimate of drug-likeness (QED) is 0.942. The Balaban J connectivity index is 1.70. The number of thiophene rings is 1. The average molecular weight is 314 g/mol. The van der Waals surface area contributed by atoms with E-state index in [9.17, 15) is 9.59 Å². The zero-order valence-electron chi connectivity index (χ0n) is 12.6. The molecule has 1 atom stereocenters. The molecule has 1 aromatic heterocycles. The number of hydrogen-bond donors (Lipinski definition) is 1. The Bertz CT molecular complexity index is 709. The van der Waals surface area contributed by atoms with Gasteiger partial charge in [0, 0.05) is 25.7 Å². The highest BCUT2D eigenvalue weighted by molar-refractivity contribution is 7.07. The van der Waals surface area contributed by atoms with Crippen molar-refractivity contribution in [3.8, 4) is 0 Å². The fourth-order valence-corrected chi connectivity index (χ4v) is 3.38. The summed E-state index contributed by atoms with van der Waals surface area (Å²) >= 11 is 1.62. The number of fused-ring (bicyclic) bond motifs is 1. The molecule has 0 fully saturated rings. The summed E-state index contributed by atoms with van der Waals surface area (Å²) in [4.78, 5) is 26.2. The number of carbonyl (C=O) groups excluding carboxylic acids is 2. The van der Waals surface area contributed by atoms with E-state index in [-0.39, 0.29) is 24.2 Å². The first-order valence-corrected chi connectivity index (χ1v) is 8.15. The van der Waals surface area contributed by atoms with Crippen molar-refractivity contribution in [3.05, 3.63) is 51.7 Å². The molecule has 0 radical (unpaired) electrons. The van der Waals surface area contributed by atoms with E-state index in [2.05, 4.69) is 5.32 Å². The minimum atomic E-state index is -0.381.